The molecule has 1 unspecified atom stereocenters. The van der Waals surface area contributed by atoms with E-state index >= 15 is 0 Å². The molecule has 0 aliphatic heterocycles. The number of hydrogen-bond acceptors (Lipinski definition) is 3. The number of carboxylic acids is 1. The summed E-state index contributed by atoms with van der Waals surface area (Å²) in [6.45, 7) is 0. The first-order chi connectivity index (χ1) is 5.61. The van der Waals surface area contributed by atoms with Gasteiger partial charge in [0.1, 0.15) is 5.76 Å². The van der Waals surface area contributed by atoms with Crippen LogP contribution in [0.2, 0.25) is 0 Å². The maximum absolute atomic E-state index is 10.2. The molecule has 0 fully saturated rings. The van der Waals surface area contributed by atoms with Crippen LogP contribution in [0.25, 0.3) is 0 Å². The topological polar surface area (TPSA) is 70.7 Å². The van der Waals surface area contributed by atoms with E-state index in [9.17, 15) is 4.79 Å². The fourth-order valence-electron chi connectivity index (χ4n) is 0.734. The van der Waals surface area contributed by atoms with Crippen molar-refractivity contribution in [1.82, 2.24) is 0 Å². The van der Waals surface area contributed by atoms with E-state index in [-0.39, 0.29) is 6.42 Å². The highest BCUT2D eigenvalue weighted by atomic mass is 79.9. The van der Waals surface area contributed by atoms with E-state index in [0.717, 1.165) is 0 Å². The first-order valence-electron chi connectivity index (χ1n) is 3.24. The van der Waals surface area contributed by atoms with E-state index in [0.29, 0.717) is 10.2 Å². The third-order valence-electron chi connectivity index (χ3n) is 1.35. The molecule has 1 atom stereocenters. The van der Waals surface area contributed by atoms with Gasteiger partial charge in [-0.05, 0) is 22.0 Å². The Morgan fingerprint density at radius 2 is 2.42 bits per heavy atom. The summed E-state index contributed by atoms with van der Waals surface area (Å²) < 4.78 is 5.58. The van der Waals surface area contributed by atoms with Crippen molar-refractivity contribution in [2.75, 3.05) is 0 Å². The van der Waals surface area contributed by atoms with Gasteiger partial charge in [-0.1, -0.05) is 0 Å². The zero-order valence-corrected chi connectivity index (χ0v) is 7.61. The molecule has 1 heterocycles. The Labute approximate surface area is 76.9 Å². The van der Waals surface area contributed by atoms with Crippen LogP contribution in [0.15, 0.2) is 21.2 Å². The minimum absolute atomic E-state index is 0.0249. The van der Waals surface area contributed by atoms with E-state index in [1.54, 1.807) is 6.07 Å². The monoisotopic (exact) mass is 234 g/mol. The van der Waals surface area contributed by atoms with Gasteiger partial charge in [0.2, 0.25) is 0 Å². The van der Waals surface area contributed by atoms with Gasteiger partial charge in [-0.25, -0.2) is 4.79 Å². The number of aliphatic hydroxyl groups is 1. The molecule has 1 aromatic heterocycles. The summed E-state index contributed by atoms with van der Waals surface area (Å²) in [7, 11) is 0. The SMILES string of the molecule is O=C(O)C(O)Cc1occc1Br. The van der Waals surface area contributed by atoms with Crippen LogP contribution < -0.4 is 0 Å². The Morgan fingerprint density at radius 3 is 2.83 bits per heavy atom. The van der Waals surface area contributed by atoms with Gasteiger partial charge in [0.15, 0.2) is 6.10 Å². The van der Waals surface area contributed by atoms with Gasteiger partial charge in [-0.3, -0.25) is 0 Å². The molecule has 2 N–H and O–H groups in total. The average Bonchev–Trinajstić information content (AvgIpc) is 2.36. The lowest BCUT2D eigenvalue weighted by Crippen LogP contribution is -2.21. The van der Waals surface area contributed by atoms with E-state index in [2.05, 4.69) is 15.9 Å². The fourth-order valence-corrected chi connectivity index (χ4v) is 1.10. The molecule has 0 saturated heterocycles. The molecule has 66 valence electrons. The fraction of sp³-hybridized carbons (Fsp3) is 0.286. The maximum Gasteiger partial charge on any atom is 0.332 e. The molecule has 0 amide bonds. The molecule has 5 heteroatoms. The van der Waals surface area contributed by atoms with Crippen LogP contribution in [0, 0.1) is 0 Å². The van der Waals surface area contributed by atoms with Crippen LogP contribution in [-0.2, 0) is 11.2 Å². The van der Waals surface area contributed by atoms with Crippen LogP contribution in [-0.4, -0.2) is 22.3 Å². The molecule has 4 nitrogen and oxygen atoms in total. The molecule has 12 heavy (non-hydrogen) atoms. The average molecular weight is 235 g/mol. The van der Waals surface area contributed by atoms with Crippen molar-refractivity contribution in [3.8, 4) is 0 Å². The largest absolute Gasteiger partial charge is 0.479 e. The highest BCUT2D eigenvalue weighted by Gasteiger charge is 2.17. The highest BCUT2D eigenvalue weighted by molar-refractivity contribution is 9.10. The first-order valence-corrected chi connectivity index (χ1v) is 4.03. The van der Waals surface area contributed by atoms with Gasteiger partial charge in [0.25, 0.3) is 0 Å². The Morgan fingerprint density at radius 1 is 1.75 bits per heavy atom. The summed E-state index contributed by atoms with van der Waals surface area (Å²) in [6, 6.07) is 1.64. The maximum atomic E-state index is 10.2. The van der Waals surface area contributed by atoms with Crippen molar-refractivity contribution in [1.29, 1.82) is 0 Å². The summed E-state index contributed by atoms with van der Waals surface area (Å²) in [5, 5.41) is 17.3. The van der Waals surface area contributed by atoms with Crippen molar-refractivity contribution < 1.29 is 19.4 Å². The van der Waals surface area contributed by atoms with Gasteiger partial charge < -0.3 is 14.6 Å². The number of aliphatic carboxylic acids is 1. The molecule has 1 rings (SSSR count). The highest BCUT2D eigenvalue weighted by Crippen LogP contribution is 2.18. The van der Waals surface area contributed by atoms with Gasteiger partial charge in [0.05, 0.1) is 10.7 Å². The number of carboxylic acid groups (broad SMARTS) is 1. The summed E-state index contributed by atoms with van der Waals surface area (Å²) in [5.41, 5.74) is 0. The second-order valence-electron chi connectivity index (χ2n) is 2.25. The lowest BCUT2D eigenvalue weighted by Gasteiger charge is -2.01. The van der Waals surface area contributed by atoms with Crippen molar-refractivity contribution in [3.05, 3.63) is 22.6 Å². The van der Waals surface area contributed by atoms with Crippen molar-refractivity contribution in [3.63, 3.8) is 0 Å². The molecule has 0 bridgehead atoms. The quantitative estimate of drug-likeness (QED) is 0.820. The lowest BCUT2D eigenvalue weighted by molar-refractivity contribution is -0.146. The predicted molar refractivity (Wildman–Crippen MR) is 43.8 cm³/mol. The van der Waals surface area contributed by atoms with Gasteiger partial charge in [-0.2, -0.15) is 0 Å². The molecule has 0 radical (unpaired) electrons. The predicted octanol–water partition coefficient (Wildman–Crippen LogP) is 1.03. The third-order valence-corrected chi connectivity index (χ3v) is 2.06. The minimum Gasteiger partial charge on any atom is -0.479 e. The Bertz CT molecular complexity index is 281. The second-order valence-corrected chi connectivity index (χ2v) is 3.10. The second kappa shape index (κ2) is 3.73. The Balaban J connectivity index is 2.64. The zero-order valence-electron chi connectivity index (χ0n) is 6.03. The molecule has 0 aliphatic carbocycles. The molecule has 0 saturated carbocycles. The van der Waals surface area contributed by atoms with E-state index in [4.69, 9.17) is 14.6 Å². The molecular formula is C7H7BrO4. The Hall–Kier alpha value is -0.810. The number of halogens is 1. The molecular weight excluding hydrogens is 228 g/mol. The summed E-state index contributed by atoms with van der Waals surface area (Å²) in [5.74, 6) is -0.816. The van der Waals surface area contributed by atoms with Gasteiger partial charge in [0, 0.05) is 6.42 Å². The zero-order chi connectivity index (χ0) is 9.14. The van der Waals surface area contributed by atoms with E-state index < -0.39 is 12.1 Å². The van der Waals surface area contributed by atoms with Crippen molar-refractivity contribution in [2.45, 2.75) is 12.5 Å². The third kappa shape index (κ3) is 2.09. The number of carbonyl (C=O) groups is 1. The van der Waals surface area contributed by atoms with Crippen molar-refractivity contribution in [2.24, 2.45) is 0 Å². The minimum atomic E-state index is -1.41. The Kier molecular flexibility index (Phi) is 2.88. The molecule has 1 aromatic rings. The standard InChI is InChI=1S/C7H7BrO4/c8-4-1-2-12-6(4)3-5(9)7(10)11/h1-2,5,9H,3H2,(H,10,11). The number of hydrogen-bond donors (Lipinski definition) is 2. The summed E-state index contributed by atoms with van der Waals surface area (Å²) in [4.78, 5) is 10.2. The van der Waals surface area contributed by atoms with Crippen LogP contribution in [0.1, 0.15) is 5.76 Å². The number of rotatable bonds is 3. The van der Waals surface area contributed by atoms with Crippen LogP contribution in [0.3, 0.4) is 0 Å². The number of aliphatic hydroxyl groups excluding tert-OH is 1. The number of furan rings is 1. The van der Waals surface area contributed by atoms with Gasteiger partial charge >= 0.3 is 5.97 Å². The van der Waals surface area contributed by atoms with Crippen LogP contribution in [0.4, 0.5) is 0 Å². The molecule has 0 aromatic carbocycles. The molecule has 0 spiro atoms. The van der Waals surface area contributed by atoms with Crippen molar-refractivity contribution >= 4 is 21.9 Å². The van der Waals surface area contributed by atoms with Crippen LogP contribution in [0.5, 0.6) is 0 Å². The van der Waals surface area contributed by atoms with E-state index in [1.807, 2.05) is 0 Å². The summed E-state index contributed by atoms with van der Waals surface area (Å²) >= 11 is 3.15. The lowest BCUT2D eigenvalue weighted by atomic mass is 10.2. The summed E-state index contributed by atoms with van der Waals surface area (Å²) in [6.07, 6.45) is -0.0101. The van der Waals surface area contributed by atoms with E-state index in [1.165, 1.54) is 6.26 Å². The van der Waals surface area contributed by atoms with Crippen LogP contribution >= 0.6 is 15.9 Å². The van der Waals surface area contributed by atoms with Gasteiger partial charge in [-0.15, -0.1) is 0 Å². The first kappa shape index (κ1) is 9.28. The normalized spacial score (nSPS) is 12.8. The smallest absolute Gasteiger partial charge is 0.332 e. The molecule has 0 aliphatic rings.